The Kier molecular flexibility index (Phi) is 3.90. The Morgan fingerprint density at radius 1 is 1.04 bits per heavy atom. The average molecular weight is 359 g/mol. The standard InChI is InChI=1S/C20H16Cl2O2/c1-24-20(23)12-4-2-11(3-5-12)16-8-13-9-18(21)19(22)10-17(13)15-7-6-14(15)16/h2-5,8-10,14-15H,6-7H2,1H3/t14-,15?/m0/s1. The molecule has 24 heavy (non-hydrogen) atoms. The van der Waals surface area contributed by atoms with Crippen LogP contribution in [0.4, 0.5) is 0 Å². The lowest BCUT2D eigenvalue weighted by Gasteiger charge is -2.43. The summed E-state index contributed by atoms with van der Waals surface area (Å²) in [5.41, 5.74) is 5.48. The van der Waals surface area contributed by atoms with Crippen LogP contribution in [0.2, 0.25) is 10.0 Å². The second kappa shape index (κ2) is 5.94. The lowest BCUT2D eigenvalue weighted by Crippen LogP contribution is -2.28. The second-order valence-corrected chi connectivity index (χ2v) is 7.17. The number of carbonyl (C=O) groups excluding carboxylic acids is 1. The number of hydrogen-bond donors (Lipinski definition) is 0. The number of benzene rings is 2. The van der Waals surface area contributed by atoms with E-state index in [1.165, 1.54) is 31.1 Å². The van der Waals surface area contributed by atoms with Crippen molar-refractivity contribution in [3.63, 3.8) is 0 Å². The molecule has 0 spiro atoms. The molecule has 1 fully saturated rings. The highest BCUT2D eigenvalue weighted by molar-refractivity contribution is 6.42. The molecule has 0 N–H and O–H groups in total. The van der Waals surface area contributed by atoms with Crippen molar-refractivity contribution < 1.29 is 9.53 Å². The molecule has 4 heteroatoms. The third-order valence-corrected chi connectivity index (χ3v) is 5.87. The van der Waals surface area contributed by atoms with Gasteiger partial charge in [0.05, 0.1) is 22.7 Å². The van der Waals surface area contributed by atoms with E-state index < -0.39 is 0 Å². The highest BCUT2D eigenvalue weighted by Gasteiger charge is 2.39. The van der Waals surface area contributed by atoms with E-state index in [-0.39, 0.29) is 5.97 Å². The number of fused-ring (bicyclic) bond motifs is 3. The van der Waals surface area contributed by atoms with Crippen LogP contribution in [0.1, 0.15) is 45.8 Å². The molecule has 0 aromatic heterocycles. The molecule has 1 saturated carbocycles. The van der Waals surface area contributed by atoms with Crippen LogP contribution < -0.4 is 0 Å². The highest BCUT2D eigenvalue weighted by Crippen LogP contribution is 2.55. The summed E-state index contributed by atoms with van der Waals surface area (Å²) in [6, 6.07) is 11.6. The fourth-order valence-corrected chi connectivity index (χ4v) is 4.10. The maximum absolute atomic E-state index is 11.6. The van der Waals surface area contributed by atoms with E-state index in [4.69, 9.17) is 27.9 Å². The quantitative estimate of drug-likeness (QED) is 0.631. The molecular weight excluding hydrogens is 343 g/mol. The lowest BCUT2D eigenvalue weighted by molar-refractivity contribution is 0.0600. The highest BCUT2D eigenvalue weighted by atomic mass is 35.5. The molecule has 2 aliphatic rings. The molecule has 0 radical (unpaired) electrons. The smallest absolute Gasteiger partial charge is 0.337 e. The van der Waals surface area contributed by atoms with Gasteiger partial charge in [-0.15, -0.1) is 0 Å². The van der Waals surface area contributed by atoms with Gasteiger partial charge in [-0.2, -0.15) is 0 Å². The number of rotatable bonds is 2. The van der Waals surface area contributed by atoms with Gasteiger partial charge in [0.25, 0.3) is 0 Å². The van der Waals surface area contributed by atoms with Gasteiger partial charge in [-0.05, 0) is 71.2 Å². The van der Waals surface area contributed by atoms with Crippen LogP contribution in [-0.4, -0.2) is 13.1 Å². The molecule has 2 aromatic rings. The van der Waals surface area contributed by atoms with Gasteiger partial charge in [0.2, 0.25) is 0 Å². The Bertz CT molecular complexity index is 853. The van der Waals surface area contributed by atoms with Crippen molar-refractivity contribution in [1.29, 1.82) is 0 Å². The first kappa shape index (κ1) is 15.7. The van der Waals surface area contributed by atoms with Crippen molar-refractivity contribution in [2.24, 2.45) is 5.92 Å². The summed E-state index contributed by atoms with van der Waals surface area (Å²) in [4.78, 5) is 11.6. The molecule has 0 amide bonds. The Hall–Kier alpha value is -1.77. The maximum Gasteiger partial charge on any atom is 0.337 e. The normalized spacial score (nSPS) is 21.2. The summed E-state index contributed by atoms with van der Waals surface area (Å²) in [6.45, 7) is 0. The summed E-state index contributed by atoms with van der Waals surface area (Å²) < 4.78 is 4.76. The van der Waals surface area contributed by atoms with Crippen LogP contribution in [0, 0.1) is 5.92 Å². The van der Waals surface area contributed by atoms with Crippen molar-refractivity contribution in [3.05, 3.63) is 68.7 Å². The minimum Gasteiger partial charge on any atom is -0.465 e. The molecule has 2 atom stereocenters. The third-order valence-electron chi connectivity index (χ3n) is 5.15. The molecule has 2 nitrogen and oxygen atoms in total. The molecule has 4 rings (SSSR count). The number of esters is 1. The van der Waals surface area contributed by atoms with Crippen molar-refractivity contribution in [2.45, 2.75) is 18.8 Å². The summed E-state index contributed by atoms with van der Waals surface area (Å²) in [5, 5.41) is 1.21. The molecule has 0 aliphatic heterocycles. The van der Waals surface area contributed by atoms with Crippen LogP contribution in [-0.2, 0) is 4.74 Å². The molecule has 122 valence electrons. The van der Waals surface area contributed by atoms with Gasteiger partial charge in [0.15, 0.2) is 0 Å². The first-order valence-corrected chi connectivity index (χ1v) is 8.73. The number of halogens is 2. The Labute approximate surface area is 151 Å². The van der Waals surface area contributed by atoms with Crippen molar-refractivity contribution in [2.75, 3.05) is 7.11 Å². The molecule has 0 saturated heterocycles. The average Bonchev–Trinajstić information content (AvgIpc) is 2.56. The van der Waals surface area contributed by atoms with Crippen LogP contribution in [0.5, 0.6) is 0 Å². The van der Waals surface area contributed by atoms with Gasteiger partial charge in [-0.3, -0.25) is 0 Å². The summed E-state index contributed by atoms with van der Waals surface area (Å²) >= 11 is 12.4. The van der Waals surface area contributed by atoms with Crippen molar-refractivity contribution >= 4 is 40.8 Å². The van der Waals surface area contributed by atoms with E-state index in [1.54, 1.807) is 0 Å². The van der Waals surface area contributed by atoms with E-state index in [0.29, 0.717) is 27.4 Å². The number of methoxy groups -OCH3 is 1. The van der Waals surface area contributed by atoms with Crippen molar-refractivity contribution in [3.8, 4) is 0 Å². The Morgan fingerprint density at radius 2 is 1.71 bits per heavy atom. The second-order valence-electron chi connectivity index (χ2n) is 6.35. The van der Waals surface area contributed by atoms with Crippen LogP contribution >= 0.6 is 23.2 Å². The number of ether oxygens (including phenoxy) is 1. The van der Waals surface area contributed by atoms with Gasteiger partial charge in [-0.1, -0.05) is 41.4 Å². The predicted octanol–water partition coefficient (Wildman–Crippen LogP) is 5.83. The number of carbonyl (C=O) groups is 1. The molecule has 2 aromatic carbocycles. The van der Waals surface area contributed by atoms with Gasteiger partial charge in [0.1, 0.15) is 0 Å². The first-order valence-electron chi connectivity index (χ1n) is 7.98. The molecule has 0 heterocycles. The van der Waals surface area contributed by atoms with E-state index in [0.717, 1.165) is 11.1 Å². The minimum absolute atomic E-state index is 0.313. The predicted molar refractivity (Wildman–Crippen MR) is 97.6 cm³/mol. The zero-order valence-electron chi connectivity index (χ0n) is 13.2. The summed E-state index contributed by atoms with van der Waals surface area (Å²) in [5.74, 6) is 0.709. The maximum atomic E-state index is 11.6. The first-order chi connectivity index (χ1) is 11.6. The van der Waals surface area contributed by atoms with Crippen molar-refractivity contribution in [1.82, 2.24) is 0 Å². The van der Waals surface area contributed by atoms with Crippen LogP contribution in [0.25, 0.3) is 11.6 Å². The molecular formula is C20H16Cl2O2. The van der Waals surface area contributed by atoms with Gasteiger partial charge in [-0.25, -0.2) is 4.79 Å². The van der Waals surface area contributed by atoms with E-state index in [9.17, 15) is 4.79 Å². The monoisotopic (exact) mass is 358 g/mol. The largest absolute Gasteiger partial charge is 0.465 e. The van der Waals surface area contributed by atoms with E-state index >= 15 is 0 Å². The lowest BCUT2D eigenvalue weighted by atomic mass is 9.61. The minimum atomic E-state index is -0.313. The van der Waals surface area contributed by atoms with E-state index in [2.05, 4.69) is 6.08 Å². The van der Waals surface area contributed by atoms with E-state index in [1.807, 2.05) is 36.4 Å². The molecule has 0 bridgehead atoms. The number of hydrogen-bond acceptors (Lipinski definition) is 2. The Balaban J connectivity index is 1.76. The van der Waals surface area contributed by atoms with Crippen LogP contribution in [0.3, 0.4) is 0 Å². The molecule has 2 aliphatic carbocycles. The fraction of sp³-hybridized carbons (Fsp3) is 0.250. The zero-order chi connectivity index (χ0) is 16.8. The summed E-state index contributed by atoms with van der Waals surface area (Å²) in [6.07, 6.45) is 4.56. The summed E-state index contributed by atoms with van der Waals surface area (Å²) in [7, 11) is 1.39. The third kappa shape index (κ3) is 2.45. The number of allylic oxidation sites excluding steroid dienone is 1. The van der Waals surface area contributed by atoms with Gasteiger partial charge < -0.3 is 4.74 Å². The SMILES string of the molecule is COC(=O)c1ccc(C2=Cc3cc(Cl)c(Cl)cc3C3CC[C@H]23)cc1. The molecule has 1 unspecified atom stereocenters. The zero-order valence-corrected chi connectivity index (χ0v) is 14.7. The fourth-order valence-electron chi connectivity index (χ4n) is 3.76. The Morgan fingerprint density at radius 3 is 2.33 bits per heavy atom. The van der Waals surface area contributed by atoms with Crippen LogP contribution in [0.15, 0.2) is 36.4 Å². The van der Waals surface area contributed by atoms with Gasteiger partial charge >= 0.3 is 5.97 Å². The topological polar surface area (TPSA) is 26.3 Å². The van der Waals surface area contributed by atoms with Gasteiger partial charge in [0, 0.05) is 0 Å².